The second-order valence-electron chi connectivity index (χ2n) is 9.57. The molecule has 1 heterocycles. The second kappa shape index (κ2) is 10.1. The molecule has 0 bridgehead atoms. The van der Waals surface area contributed by atoms with Gasteiger partial charge in [-0.05, 0) is 56.2 Å². The Morgan fingerprint density at radius 3 is 1.89 bits per heavy atom. The second-order valence-corrected chi connectivity index (χ2v) is 9.57. The van der Waals surface area contributed by atoms with E-state index in [-0.39, 0.29) is 6.42 Å². The van der Waals surface area contributed by atoms with E-state index in [4.69, 9.17) is 23.7 Å². The van der Waals surface area contributed by atoms with Crippen LogP contribution in [0.4, 0.5) is 0 Å². The number of hydrogen-bond acceptors (Lipinski definition) is 6. The van der Waals surface area contributed by atoms with E-state index in [0.717, 1.165) is 22.4 Å². The highest BCUT2D eigenvalue weighted by Gasteiger charge is 2.58. The van der Waals surface area contributed by atoms with Crippen molar-refractivity contribution in [3.8, 4) is 11.5 Å². The van der Waals surface area contributed by atoms with Gasteiger partial charge in [-0.3, -0.25) is 0 Å². The third-order valence-corrected chi connectivity index (χ3v) is 5.86. The first kappa shape index (κ1) is 24.8. The van der Waals surface area contributed by atoms with Gasteiger partial charge in [0.2, 0.25) is 5.60 Å². The molecule has 3 atom stereocenters. The molecule has 0 radical (unpaired) electrons. The zero-order chi connectivity index (χ0) is 25.1. The van der Waals surface area contributed by atoms with Crippen LogP contribution in [0.25, 0.3) is 0 Å². The maximum absolute atomic E-state index is 13.9. The van der Waals surface area contributed by atoms with Crippen molar-refractivity contribution >= 4 is 5.97 Å². The Morgan fingerprint density at radius 1 is 0.829 bits per heavy atom. The number of esters is 1. The van der Waals surface area contributed by atoms with Crippen molar-refractivity contribution in [1.82, 2.24) is 0 Å². The third-order valence-electron chi connectivity index (χ3n) is 5.86. The van der Waals surface area contributed by atoms with Gasteiger partial charge in [-0.25, -0.2) is 4.79 Å². The van der Waals surface area contributed by atoms with E-state index < -0.39 is 29.6 Å². The molecular formula is C29H32O6. The highest BCUT2D eigenvalue weighted by Crippen LogP contribution is 2.50. The van der Waals surface area contributed by atoms with Gasteiger partial charge in [0.1, 0.15) is 23.2 Å². The molecule has 35 heavy (non-hydrogen) atoms. The summed E-state index contributed by atoms with van der Waals surface area (Å²) in [6.07, 6.45) is -1.20. The Hall–Kier alpha value is -3.35. The van der Waals surface area contributed by atoms with E-state index in [9.17, 15) is 4.79 Å². The number of rotatable bonds is 7. The van der Waals surface area contributed by atoms with E-state index >= 15 is 0 Å². The molecule has 1 aliphatic rings. The largest absolute Gasteiger partial charge is 0.497 e. The fourth-order valence-corrected chi connectivity index (χ4v) is 4.17. The number of benzene rings is 3. The third kappa shape index (κ3) is 5.50. The molecule has 0 aromatic heterocycles. The summed E-state index contributed by atoms with van der Waals surface area (Å²) < 4.78 is 29.6. The fourth-order valence-electron chi connectivity index (χ4n) is 4.17. The summed E-state index contributed by atoms with van der Waals surface area (Å²) in [6.45, 7) is 5.54. The van der Waals surface area contributed by atoms with E-state index in [1.54, 1.807) is 14.2 Å². The number of methoxy groups -OCH3 is 2. The van der Waals surface area contributed by atoms with Gasteiger partial charge in [0.05, 0.1) is 14.2 Å². The Balaban J connectivity index is 1.81. The molecule has 0 amide bonds. The SMILES string of the molecule is COc1ccc([C@@H]2O[C@H](c3ccc(OC)cc3)[C@](Cc3ccccc3)(C(=O)OC(C)(C)C)O2)cc1. The smallest absolute Gasteiger partial charge is 0.342 e. The first-order chi connectivity index (χ1) is 16.7. The Kier molecular flexibility index (Phi) is 7.15. The van der Waals surface area contributed by atoms with Gasteiger partial charge >= 0.3 is 5.97 Å². The minimum absolute atomic E-state index is 0.284. The highest BCUT2D eigenvalue weighted by atomic mass is 16.8. The van der Waals surface area contributed by atoms with Crippen molar-refractivity contribution in [2.45, 2.75) is 50.8 Å². The lowest BCUT2D eigenvalue weighted by molar-refractivity contribution is -0.184. The predicted molar refractivity (Wildman–Crippen MR) is 132 cm³/mol. The normalized spacial score (nSPS) is 22.0. The highest BCUT2D eigenvalue weighted by molar-refractivity contribution is 5.82. The first-order valence-corrected chi connectivity index (χ1v) is 11.6. The van der Waals surface area contributed by atoms with Crippen LogP contribution in [0.2, 0.25) is 0 Å². The van der Waals surface area contributed by atoms with Gasteiger partial charge in [-0.2, -0.15) is 0 Å². The average Bonchev–Trinajstić information content (AvgIpc) is 3.24. The van der Waals surface area contributed by atoms with Crippen LogP contribution < -0.4 is 9.47 Å². The standard InChI is InChI=1S/C29H32O6/c1-28(2,3)35-27(30)29(19-20-9-7-6-8-10-20)25(21-11-15-23(31-4)16-12-21)33-26(34-29)22-13-17-24(32-5)18-14-22/h6-18,25-26H,19H2,1-5H3/t25-,26-,29-/m1/s1. The molecule has 6 heteroatoms. The van der Waals surface area contributed by atoms with Crippen molar-refractivity contribution in [1.29, 1.82) is 0 Å². The van der Waals surface area contributed by atoms with E-state index in [1.807, 2.05) is 99.6 Å². The van der Waals surface area contributed by atoms with Crippen molar-refractivity contribution in [2.75, 3.05) is 14.2 Å². The monoisotopic (exact) mass is 476 g/mol. The molecule has 1 saturated heterocycles. The Bertz CT molecular complexity index is 1120. The van der Waals surface area contributed by atoms with Gasteiger partial charge in [0, 0.05) is 12.0 Å². The predicted octanol–water partition coefficient (Wildman–Crippen LogP) is 5.81. The fraction of sp³-hybridized carbons (Fsp3) is 0.345. The summed E-state index contributed by atoms with van der Waals surface area (Å²) >= 11 is 0. The number of carbonyl (C=O) groups is 1. The molecular weight excluding hydrogens is 444 g/mol. The lowest BCUT2D eigenvalue weighted by atomic mass is 9.85. The molecule has 6 nitrogen and oxygen atoms in total. The maximum Gasteiger partial charge on any atom is 0.342 e. The van der Waals surface area contributed by atoms with Crippen molar-refractivity contribution in [2.24, 2.45) is 0 Å². The van der Waals surface area contributed by atoms with Crippen molar-refractivity contribution in [3.63, 3.8) is 0 Å². The Morgan fingerprint density at radius 2 is 1.37 bits per heavy atom. The Labute approximate surface area is 206 Å². The summed E-state index contributed by atoms with van der Waals surface area (Å²) in [6, 6.07) is 24.7. The van der Waals surface area contributed by atoms with Crippen LogP contribution in [-0.4, -0.2) is 31.4 Å². The van der Waals surface area contributed by atoms with Gasteiger partial charge < -0.3 is 23.7 Å². The maximum atomic E-state index is 13.9. The lowest BCUT2D eigenvalue weighted by Crippen LogP contribution is -2.49. The number of carbonyl (C=O) groups excluding carboxylic acids is 1. The van der Waals surface area contributed by atoms with E-state index in [2.05, 4.69) is 0 Å². The molecule has 0 N–H and O–H groups in total. The molecule has 3 aromatic rings. The van der Waals surface area contributed by atoms with Crippen LogP contribution >= 0.6 is 0 Å². The molecule has 1 fully saturated rings. The van der Waals surface area contributed by atoms with Crippen LogP contribution in [0, 0.1) is 0 Å². The molecule has 4 rings (SSSR count). The lowest BCUT2D eigenvalue weighted by Gasteiger charge is -2.34. The summed E-state index contributed by atoms with van der Waals surface area (Å²) in [4.78, 5) is 13.9. The van der Waals surface area contributed by atoms with Gasteiger partial charge in [-0.15, -0.1) is 0 Å². The van der Waals surface area contributed by atoms with Crippen LogP contribution in [-0.2, 0) is 25.4 Å². The topological polar surface area (TPSA) is 63.2 Å². The summed E-state index contributed by atoms with van der Waals surface area (Å²) in [7, 11) is 3.23. The van der Waals surface area contributed by atoms with Crippen LogP contribution in [0.3, 0.4) is 0 Å². The minimum Gasteiger partial charge on any atom is -0.497 e. The summed E-state index contributed by atoms with van der Waals surface area (Å²) in [5.41, 5.74) is 0.405. The molecule has 0 aliphatic carbocycles. The average molecular weight is 477 g/mol. The molecule has 0 spiro atoms. The molecule has 184 valence electrons. The van der Waals surface area contributed by atoms with Gasteiger partial charge in [0.15, 0.2) is 6.29 Å². The van der Waals surface area contributed by atoms with Gasteiger partial charge in [0.25, 0.3) is 0 Å². The van der Waals surface area contributed by atoms with Crippen LogP contribution in [0.5, 0.6) is 11.5 Å². The summed E-state index contributed by atoms with van der Waals surface area (Å²) in [5.74, 6) is 0.970. The molecule has 0 saturated carbocycles. The minimum atomic E-state index is -1.41. The van der Waals surface area contributed by atoms with Crippen molar-refractivity contribution in [3.05, 3.63) is 95.6 Å². The number of ether oxygens (including phenoxy) is 5. The van der Waals surface area contributed by atoms with Crippen LogP contribution in [0.1, 0.15) is 49.9 Å². The van der Waals surface area contributed by atoms with E-state index in [0.29, 0.717) is 5.75 Å². The van der Waals surface area contributed by atoms with Crippen LogP contribution in [0.15, 0.2) is 78.9 Å². The first-order valence-electron chi connectivity index (χ1n) is 11.6. The zero-order valence-electron chi connectivity index (χ0n) is 20.8. The van der Waals surface area contributed by atoms with Crippen molar-refractivity contribution < 1.29 is 28.5 Å². The quantitative estimate of drug-likeness (QED) is 0.401. The van der Waals surface area contributed by atoms with Gasteiger partial charge in [-0.1, -0.05) is 54.6 Å². The molecule has 1 aliphatic heterocycles. The molecule has 0 unspecified atom stereocenters. The molecule has 3 aromatic carbocycles. The van der Waals surface area contributed by atoms with E-state index in [1.165, 1.54) is 0 Å². The summed E-state index contributed by atoms with van der Waals surface area (Å²) in [5, 5.41) is 0. The zero-order valence-corrected chi connectivity index (χ0v) is 20.8. The number of hydrogen-bond donors (Lipinski definition) is 0.